The third-order valence-corrected chi connectivity index (χ3v) is 3.90. The van der Waals surface area contributed by atoms with Crippen molar-refractivity contribution in [3.05, 3.63) is 48.0 Å². The van der Waals surface area contributed by atoms with Crippen LogP contribution in [-0.4, -0.2) is 13.1 Å². The molecule has 0 unspecified atom stereocenters. The third kappa shape index (κ3) is 2.99. The molecule has 1 fully saturated rings. The van der Waals surface area contributed by atoms with E-state index in [9.17, 15) is 8.78 Å². The van der Waals surface area contributed by atoms with E-state index < -0.39 is 11.6 Å². The fourth-order valence-corrected chi connectivity index (χ4v) is 2.85. The fraction of sp³-hybridized carbons (Fsp3) is 0.294. The van der Waals surface area contributed by atoms with Crippen molar-refractivity contribution >= 4 is 11.4 Å². The van der Waals surface area contributed by atoms with E-state index in [-0.39, 0.29) is 0 Å². The van der Waals surface area contributed by atoms with Gasteiger partial charge >= 0.3 is 0 Å². The first-order valence-corrected chi connectivity index (χ1v) is 7.24. The summed E-state index contributed by atoms with van der Waals surface area (Å²) in [5.74, 6) is -1.14. The van der Waals surface area contributed by atoms with Gasteiger partial charge in [-0.1, -0.05) is 0 Å². The monoisotopic (exact) mass is 288 g/mol. The lowest BCUT2D eigenvalue weighted by Crippen LogP contribution is -2.29. The Morgan fingerprint density at radius 2 is 1.67 bits per heavy atom. The van der Waals surface area contributed by atoms with Crippen LogP contribution in [0.4, 0.5) is 20.2 Å². The Hall–Kier alpha value is -2.10. The topological polar surface area (TPSA) is 29.3 Å². The molecule has 3 rings (SSSR count). The maximum Gasteiger partial charge on any atom is 0.133 e. The van der Waals surface area contributed by atoms with Gasteiger partial charge in [-0.15, -0.1) is 0 Å². The number of nitrogens with two attached hydrogens (primary N) is 1. The molecule has 2 aromatic carbocycles. The lowest BCUT2D eigenvalue weighted by molar-refractivity contribution is 0.578. The molecule has 1 aliphatic rings. The summed E-state index contributed by atoms with van der Waals surface area (Å²) in [6.45, 7) is 1.99. The van der Waals surface area contributed by atoms with E-state index in [1.54, 1.807) is 6.07 Å². The Labute approximate surface area is 123 Å². The molecule has 2 N–H and O–H groups in total. The van der Waals surface area contributed by atoms with Gasteiger partial charge in [0.15, 0.2) is 0 Å². The molecule has 110 valence electrons. The second-order valence-corrected chi connectivity index (χ2v) is 5.49. The van der Waals surface area contributed by atoms with Crippen molar-refractivity contribution < 1.29 is 8.78 Å². The van der Waals surface area contributed by atoms with Crippen molar-refractivity contribution in [2.45, 2.75) is 19.3 Å². The second-order valence-electron chi connectivity index (χ2n) is 5.49. The quantitative estimate of drug-likeness (QED) is 0.839. The van der Waals surface area contributed by atoms with Crippen molar-refractivity contribution in [1.29, 1.82) is 0 Å². The van der Waals surface area contributed by atoms with E-state index in [2.05, 4.69) is 4.90 Å². The summed E-state index contributed by atoms with van der Waals surface area (Å²) in [7, 11) is 0. The first-order chi connectivity index (χ1) is 10.1. The Morgan fingerprint density at radius 3 is 2.38 bits per heavy atom. The number of piperidine rings is 1. The molecular weight excluding hydrogens is 270 g/mol. The number of anilines is 2. The Balaban J connectivity index is 2.00. The number of hydrogen-bond donors (Lipinski definition) is 1. The van der Waals surface area contributed by atoms with Crippen LogP contribution in [0.25, 0.3) is 11.1 Å². The van der Waals surface area contributed by atoms with Gasteiger partial charge in [-0.3, -0.25) is 0 Å². The minimum Gasteiger partial charge on any atom is -0.399 e. The first-order valence-electron chi connectivity index (χ1n) is 7.24. The zero-order valence-electron chi connectivity index (χ0n) is 11.8. The van der Waals surface area contributed by atoms with Gasteiger partial charge in [0, 0.05) is 36.1 Å². The Kier molecular flexibility index (Phi) is 3.78. The molecule has 2 aromatic rings. The summed E-state index contributed by atoms with van der Waals surface area (Å²) in [5.41, 5.74) is 8.63. The van der Waals surface area contributed by atoms with Crippen molar-refractivity contribution in [2.24, 2.45) is 0 Å². The summed E-state index contributed by atoms with van der Waals surface area (Å²) in [6.07, 6.45) is 3.57. The summed E-state index contributed by atoms with van der Waals surface area (Å²) >= 11 is 0. The molecule has 1 heterocycles. The Morgan fingerprint density at radius 1 is 0.905 bits per heavy atom. The molecule has 0 radical (unpaired) electrons. The molecule has 0 spiro atoms. The normalized spacial score (nSPS) is 15.2. The summed E-state index contributed by atoms with van der Waals surface area (Å²) in [4.78, 5) is 2.27. The van der Waals surface area contributed by atoms with Gasteiger partial charge in [-0.25, -0.2) is 8.78 Å². The molecule has 1 aliphatic heterocycles. The standard InChI is InChI=1S/C17H18F2N2/c18-13-4-5-16(17(19)10-13)12-8-14(20)11-15(9-12)21-6-2-1-3-7-21/h4-5,8-11H,1-3,6-7,20H2. The van der Waals surface area contributed by atoms with Crippen LogP contribution in [0.2, 0.25) is 0 Å². The molecule has 0 amide bonds. The maximum absolute atomic E-state index is 13.9. The number of benzene rings is 2. The van der Waals surface area contributed by atoms with Crippen LogP contribution in [0.15, 0.2) is 36.4 Å². The predicted molar refractivity (Wildman–Crippen MR) is 82.3 cm³/mol. The van der Waals surface area contributed by atoms with Crippen LogP contribution in [0, 0.1) is 11.6 Å². The van der Waals surface area contributed by atoms with E-state index in [4.69, 9.17) is 5.73 Å². The highest BCUT2D eigenvalue weighted by Crippen LogP contribution is 2.31. The van der Waals surface area contributed by atoms with E-state index in [1.807, 2.05) is 12.1 Å². The minimum absolute atomic E-state index is 0.377. The lowest BCUT2D eigenvalue weighted by atomic mass is 10.0. The lowest BCUT2D eigenvalue weighted by Gasteiger charge is -2.29. The van der Waals surface area contributed by atoms with Crippen LogP contribution in [0.5, 0.6) is 0 Å². The molecule has 2 nitrogen and oxygen atoms in total. The van der Waals surface area contributed by atoms with Gasteiger partial charge in [0.25, 0.3) is 0 Å². The van der Waals surface area contributed by atoms with E-state index in [1.165, 1.54) is 18.6 Å². The number of nitrogens with zero attached hydrogens (tertiary/aromatic N) is 1. The Bertz CT molecular complexity index is 649. The number of halogens is 2. The van der Waals surface area contributed by atoms with Crippen molar-refractivity contribution in [2.75, 3.05) is 23.7 Å². The van der Waals surface area contributed by atoms with Gasteiger partial charge in [0.1, 0.15) is 11.6 Å². The predicted octanol–water partition coefficient (Wildman–Crippen LogP) is 4.20. The van der Waals surface area contributed by atoms with Crippen molar-refractivity contribution in [3.63, 3.8) is 0 Å². The second kappa shape index (κ2) is 5.72. The largest absolute Gasteiger partial charge is 0.399 e. The fourth-order valence-electron chi connectivity index (χ4n) is 2.85. The van der Waals surface area contributed by atoms with Gasteiger partial charge in [-0.2, -0.15) is 0 Å². The average Bonchev–Trinajstić information content (AvgIpc) is 2.47. The molecule has 0 aromatic heterocycles. The number of rotatable bonds is 2. The summed E-state index contributed by atoms with van der Waals surface area (Å²) in [6, 6.07) is 9.19. The van der Waals surface area contributed by atoms with Gasteiger partial charge in [-0.05, 0) is 55.2 Å². The molecule has 0 aliphatic carbocycles. The highest BCUT2D eigenvalue weighted by atomic mass is 19.1. The average molecular weight is 288 g/mol. The first kappa shape index (κ1) is 13.9. The van der Waals surface area contributed by atoms with Crippen molar-refractivity contribution in [3.8, 4) is 11.1 Å². The van der Waals surface area contributed by atoms with Gasteiger partial charge < -0.3 is 10.6 Å². The zero-order valence-corrected chi connectivity index (χ0v) is 11.8. The van der Waals surface area contributed by atoms with E-state index >= 15 is 0 Å². The number of nitrogen functional groups attached to an aromatic ring is 1. The third-order valence-electron chi connectivity index (χ3n) is 3.90. The maximum atomic E-state index is 13.9. The van der Waals surface area contributed by atoms with Crippen LogP contribution < -0.4 is 10.6 Å². The SMILES string of the molecule is Nc1cc(-c2ccc(F)cc2F)cc(N2CCCCC2)c1. The zero-order chi connectivity index (χ0) is 14.8. The highest BCUT2D eigenvalue weighted by molar-refractivity contribution is 5.74. The van der Waals surface area contributed by atoms with Crippen molar-refractivity contribution in [1.82, 2.24) is 0 Å². The van der Waals surface area contributed by atoms with Crippen LogP contribution >= 0.6 is 0 Å². The molecule has 4 heteroatoms. The van der Waals surface area contributed by atoms with Gasteiger partial charge in [0.2, 0.25) is 0 Å². The molecule has 1 saturated heterocycles. The summed E-state index contributed by atoms with van der Waals surface area (Å²) < 4.78 is 27.0. The molecule has 21 heavy (non-hydrogen) atoms. The molecule has 0 saturated carbocycles. The van der Waals surface area contributed by atoms with E-state index in [0.717, 1.165) is 37.7 Å². The molecule has 0 atom stereocenters. The van der Waals surface area contributed by atoms with Crippen LogP contribution in [0.1, 0.15) is 19.3 Å². The number of hydrogen-bond acceptors (Lipinski definition) is 2. The van der Waals surface area contributed by atoms with E-state index in [0.29, 0.717) is 16.8 Å². The minimum atomic E-state index is -0.573. The van der Waals surface area contributed by atoms with Gasteiger partial charge in [0.05, 0.1) is 0 Å². The van der Waals surface area contributed by atoms with Crippen LogP contribution in [0.3, 0.4) is 0 Å². The summed E-state index contributed by atoms with van der Waals surface area (Å²) in [5, 5.41) is 0. The molecule has 0 bridgehead atoms. The highest BCUT2D eigenvalue weighted by Gasteiger charge is 2.14. The smallest absolute Gasteiger partial charge is 0.133 e. The van der Waals surface area contributed by atoms with Crippen LogP contribution in [-0.2, 0) is 0 Å². The molecular formula is C17H18F2N2.